The zero-order valence-electron chi connectivity index (χ0n) is 12.9. The van der Waals surface area contributed by atoms with Gasteiger partial charge in [-0.3, -0.25) is 9.78 Å². The highest BCUT2D eigenvalue weighted by Gasteiger charge is 2.21. The predicted molar refractivity (Wildman–Crippen MR) is 88.7 cm³/mol. The van der Waals surface area contributed by atoms with Crippen LogP contribution in [0.15, 0.2) is 18.5 Å². The van der Waals surface area contributed by atoms with Gasteiger partial charge in [-0.25, -0.2) is 0 Å². The molecule has 0 saturated heterocycles. The van der Waals surface area contributed by atoms with Crippen molar-refractivity contribution in [1.82, 2.24) is 15.2 Å². The maximum atomic E-state index is 12.5. The lowest BCUT2D eigenvalue weighted by molar-refractivity contribution is 0.0921. The van der Waals surface area contributed by atoms with E-state index in [1.807, 2.05) is 20.2 Å². The molecule has 0 aliphatic carbocycles. The van der Waals surface area contributed by atoms with Crippen molar-refractivity contribution in [3.05, 3.63) is 23.3 Å². The first-order valence-electron chi connectivity index (χ1n) is 6.97. The van der Waals surface area contributed by atoms with Gasteiger partial charge in [-0.15, -0.1) is 11.3 Å². The van der Waals surface area contributed by atoms with Crippen molar-refractivity contribution in [2.75, 3.05) is 26.4 Å². The Kier molecular flexibility index (Phi) is 4.80. The summed E-state index contributed by atoms with van der Waals surface area (Å²) in [4.78, 5) is 19.2. The number of amides is 1. The van der Waals surface area contributed by atoms with Crippen LogP contribution in [0.3, 0.4) is 0 Å². The molecule has 2 rings (SSSR count). The van der Waals surface area contributed by atoms with Gasteiger partial charge in [0.2, 0.25) is 0 Å². The maximum absolute atomic E-state index is 12.5. The minimum absolute atomic E-state index is 0.0928. The first kappa shape index (κ1) is 15.7. The van der Waals surface area contributed by atoms with Crippen molar-refractivity contribution in [2.45, 2.75) is 19.9 Å². The number of hydrogen-bond acceptors (Lipinski definition) is 5. The number of aromatic nitrogens is 1. The molecule has 0 aliphatic rings. The van der Waals surface area contributed by atoms with E-state index in [9.17, 15) is 4.79 Å². The van der Waals surface area contributed by atoms with E-state index in [4.69, 9.17) is 5.73 Å². The molecule has 1 unspecified atom stereocenters. The summed E-state index contributed by atoms with van der Waals surface area (Å²) < 4.78 is 0.939. The number of nitrogens with zero attached hydrogens (tertiary/aromatic N) is 2. The fraction of sp³-hybridized carbons (Fsp3) is 0.467. The van der Waals surface area contributed by atoms with E-state index in [1.165, 1.54) is 11.3 Å². The van der Waals surface area contributed by atoms with Crippen molar-refractivity contribution in [3.63, 3.8) is 0 Å². The highest BCUT2D eigenvalue weighted by molar-refractivity contribution is 7.21. The molecule has 1 atom stereocenters. The molecule has 0 fully saturated rings. The lowest BCUT2D eigenvalue weighted by Crippen LogP contribution is -2.44. The Balaban J connectivity index is 2.23. The number of nitrogen functional groups attached to an aromatic ring is 1. The smallest absolute Gasteiger partial charge is 0.263 e. The van der Waals surface area contributed by atoms with E-state index >= 15 is 0 Å². The van der Waals surface area contributed by atoms with E-state index < -0.39 is 0 Å². The summed E-state index contributed by atoms with van der Waals surface area (Å²) >= 11 is 1.39. The molecule has 0 aromatic carbocycles. The molecule has 2 aromatic heterocycles. The van der Waals surface area contributed by atoms with Crippen molar-refractivity contribution in [3.8, 4) is 0 Å². The Morgan fingerprint density at radius 2 is 2.19 bits per heavy atom. The molecular weight excluding hydrogens is 284 g/mol. The van der Waals surface area contributed by atoms with Crippen LogP contribution in [0.25, 0.3) is 10.1 Å². The van der Waals surface area contributed by atoms with Gasteiger partial charge in [0.1, 0.15) is 4.88 Å². The first-order valence-corrected chi connectivity index (χ1v) is 7.79. The molecule has 0 radical (unpaired) electrons. The number of pyridine rings is 1. The van der Waals surface area contributed by atoms with Crippen molar-refractivity contribution in [2.24, 2.45) is 5.92 Å². The van der Waals surface area contributed by atoms with E-state index in [-0.39, 0.29) is 11.9 Å². The van der Waals surface area contributed by atoms with Crippen LogP contribution in [0.4, 0.5) is 5.69 Å². The minimum Gasteiger partial charge on any atom is -0.397 e. The van der Waals surface area contributed by atoms with Gasteiger partial charge in [-0.2, -0.15) is 0 Å². The largest absolute Gasteiger partial charge is 0.397 e. The highest BCUT2D eigenvalue weighted by Crippen LogP contribution is 2.32. The van der Waals surface area contributed by atoms with E-state index in [0.29, 0.717) is 16.5 Å². The lowest BCUT2D eigenvalue weighted by atomic mass is 10.0. The zero-order chi connectivity index (χ0) is 15.6. The molecule has 2 heterocycles. The number of likely N-dealkylation sites (N-methyl/N-ethyl adjacent to an activating group) is 1. The fourth-order valence-corrected chi connectivity index (χ4v) is 3.18. The van der Waals surface area contributed by atoms with Gasteiger partial charge in [0, 0.05) is 30.4 Å². The Labute approximate surface area is 129 Å². The second-order valence-electron chi connectivity index (χ2n) is 5.80. The Bertz CT molecular complexity index is 636. The van der Waals surface area contributed by atoms with Crippen LogP contribution >= 0.6 is 11.3 Å². The molecular formula is C15H22N4OS. The molecule has 0 spiro atoms. The summed E-state index contributed by atoms with van der Waals surface area (Å²) in [7, 11) is 4.00. The predicted octanol–water partition coefficient (Wildman–Crippen LogP) is 2.19. The van der Waals surface area contributed by atoms with E-state index in [1.54, 1.807) is 12.4 Å². The quantitative estimate of drug-likeness (QED) is 0.888. The number of anilines is 1. The molecule has 6 heteroatoms. The van der Waals surface area contributed by atoms with Crippen LogP contribution in [0.1, 0.15) is 23.5 Å². The molecule has 114 valence electrons. The summed E-state index contributed by atoms with van der Waals surface area (Å²) in [5.74, 6) is 0.253. The van der Waals surface area contributed by atoms with Crippen LogP contribution in [-0.2, 0) is 0 Å². The lowest BCUT2D eigenvalue weighted by Gasteiger charge is -2.25. The van der Waals surface area contributed by atoms with Crippen molar-refractivity contribution in [1.29, 1.82) is 0 Å². The molecule has 21 heavy (non-hydrogen) atoms. The standard InChI is InChI=1S/C15H22N4OS/c1-9(2)11(8-19(3)4)18-15(20)14-13(16)10-5-6-17-7-12(10)21-14/h5-7,9,11H,8,16H2,1-4H3,(H,18,20). The molecule has 2 aromatic rings. The second-order valence-corrected chi connectivity index (χ2v) is 6.86. The van der Waals surface area contributed by atoms with E-state index in [2.05, 4.69) is 29.0 Å². The molecule has 5 nitrogen and oxygen atoms in total. The number of fused-ring (bicyclic) bond motifs is 1. The first-order chi connectivity index (χ1) is 9.90. The molecule has 0 saturated carbocycles. The summed E-state index contributed by atoms with van der Waals surface area (Å²) in [6, 6.07) is 1.94. The van der Waals surface area contributed by atoms with Gasteiger partial charge in [-0.1, -0.05) is 13.8 Å². The summed E-state index contributed by atoms with van der Waals surface area (Å²) in [6.45, 7) is 5.01. The Hall–Kier alpha value is -1.66. The van der Waals surface area contributed by atoms with Crippen LogP contribution in [0.2, 0.25) is 0 Å². The Morgan fingerprint density at radius 3 is 2.76 bits per heavy atom. The summed E-state index contributed by atoms with van der Waals surface area (Å²) in [5.41, 5.74) is 6.65. The summed E-state index contributed by atoms with van der Waals surface area (Å²) in [5, 5.41) is 3.99. The van der Waals surface area contributed by atoms with Gasteiger partial charge >= 0.3 is 0 Å². The minimum atomic E-state index is -0.103. The SMILES string of the molecule is CC(C)C(CN(C)C)NC(=O)c1sc2cnccc2c1N. The van der Waals surface area contributed by atoms with Crippen LogP contribution < -0.4 is 11.1 Å². The van der Waals surface area contributed by atoms with Crippen molar-refractivity contribution < 1.29 is 4.79 Å². The second kappa shape index (κ2) is 6.41. The fourth-order valence-electron chi connectivity index (χ4n) is 2.19. The van der Waals surface area contributed by atoms with E-state index in [0.717, 1.165) is 16.6 Å². The molecule has 0 aliphatic heterocycles. The van der Waals surface area contributed by atoms with Gasteiger partial charge < -0.3 is 16.0 Å². The topological polar surface area (TPSA) is 71.2 Å². The van der Waals surface area contributed by atoms with Crippen LogP contribution in [0, 0.1) is 5.92 Å². The number of carbonyl (C=O) groups excluding carboxylic acids is 1. The van der Waals surface area contributed by atoms with Gasteiger partial charge in [-0.05, 0) is 26.1 Å². The number of rotatable bonds is 5. The molecule has 0 bridgehead atoms. The van der Waals surface area contributed by atoms with Gasteiger partial charge in [0.15, 0.2) is 0 Å². The monoisotopic (exact) mass is 306 g/mol. The normalized spacial score (nSPS) is 13.0. The number of nitrogens with two attached hydrogens (primary N) is 1. The van der Waals surface area contributed by atoms with Gasteiger partial charge in [0.05, 0.1) is 10.4 Å². The maximum Gasteiger partial charge on any atom is 0.263 e. The van der Waals surface area contributed by atoms with Gasteiger partial charge in [0.25, 0.3) is 5.91 Å². The number of hydrogen-bond donors (Lipinski definition) is 2. The summed E-state index contributed by atoms with van der Waals surface area (Å²) in [6.07, 6.45) is 3.43. The number of thiophene rings is 1. The number of carbonyl (C=O) groups is 1. The Morgan fingerprint density at radius 1 is 1.48 bits per heavy atom. The average Bonchev–Trinajstić information content (AvgIpc) is 2.75. The molecule has 3 N–H and O–H groups in total. The molecule has 1 amide bonds. The van der Waals surface area contributed by atoms with Crippen LogP contribution in [-0.4, -0.2) is 42.5 Å². The third-order valence-corrected chi connectivity index (χ3v) is 4.58. The average molecular weight is 306 g/mol. The number of nitrogens with one attached hydrogen (secondary N) is 1. The third kappa shape index (κ3) is 3.51. The third-order valence-electron chi connectivity index (χ3n) is 3.42. The van der Waals surface area contributed by atoms with Crippen molar-refractivity contribution >= 4 is 33.0 Å². The zero-order valence-corrected chi connectivity index (χ0v) is 13.7. The highest BCUT2D eigenvalue weighted by atomic mass is 32.1. The van der Waals surface area contributed by atoms with Crippen LogP contribution in [0.5, 0.6) is 0 Å².